The van der Waals surface area contributed by atoms with Crippen molar-refractivity contribution in [2.75, 3.05) is 5.32 Å². The summed E-state index contributed by atoms with van der Waals surface area (Å²) in [5.74, 6) is 1.26. The molecule has 0 radical (unpaired) electrons. The SMILES string of the molecule is CC(C)O.CC1Cc2cc(NC(=O)c3cnn4cccnc34)c(OC3CCCCC3)cc2O1. The highest BCUT2D eigenvalue weighted by atomic mass is 16.5. The number of nitrogens with one attached hydrogen (secondary N) is 1. The molecule has 1 unspecified atom stereocenters. The fourth-order valence-electron chi connectivity index (χ4n) is 4.18. The highest BCUT2D eigenvalue weighted by Gasteiger charge is 2.25. The summed E-state index contributed by atoms with van der Waals surface area (Å²) in [6.45, 7) is 5.49. The molecule has 1 aliphatic carbocycles. The van der Waals surface area contributed by atoms with Gasteiger partial charge < -0.3 is 19.9 Å². The van der Waals surface area contributed by atoms with E-state index in [2.05, 4.69) is 15.4 Å². The summed E-state index contributed by atoms with van der Waals surface area (Å²) < 4.78 is 13.8. The number of ether oxygens (including phenoxy) is 2. The predicted octanol–water partition coefficient (Wildman–Crippen LogP) is 4.40. The van der Waals surface area contributed by atoms with E-state index < -0.39 is 0 Å². The first-order chi connectivity index (χ1) is 15.9. The Labute approximate surface area is 193 Å². The molecule has 1 atom stereocenters. The van der Waals surface area contributed by atoms with Crippen LogP contribution in [0.25, 0.3) is 5.65 Å². The molecule has 2 aromatic heterocycles. The molecule has 2 N–H and O–H groups in total. The van der Waals surface area contributed by atoms with Crippen molar-refractivity contribution in [2.24, 2.45) is 0 Å². The van der Waals surface area contributed by atoms with E-state index >= 15 is 0 Å². The number of carbonyl (C=O) groups excluding carboxylic acids is 1. The fraction of sp³-hybridized carbons (Fsp3) is 0.480. The van der Waals surface area contributed by atoms with Gasteiger partial charge in [0.2, 0.25) is 0 Å². The zero-order chi connectivity index (χ0) is 23.4. The molecule has 0 spiro atoms. The number of amides is 1. The van der Waals surface area contributed by atoms with Crippen LogP contribution < -0.4 is 14.8 Å². The summed E-state index contributed by atoms with van der Waals surface area (Å²) in [5.41, 5.74) is 2.71. The average molecular weight is 453 g/mol. The lowest BCUT2D eigenvalue weighted by molar-refractivity contribution is 0.102. The lowest BCUT2D eigenvalue weighted by Gasteiger charge is -2.24. The fourth-order valence-corrected chi connectivity index (χ4v) is 4.18. The molecule has 8 heteroatoms. The number of rotatable bonds is 4. The van der Waals surface area contributed by atoms with Crippen LogP contribution in [0.15, 0.2) is 36.8 Å². The quantitative estimate of drug-likeness (QED) is 0.609. The van der Waals surface area contributed by atoms with Gasteiger partial charge >= 0.3 is 0 Å². The van der Waals surface area contributed by atoms with E-state index in [0.29, 0.717) is 22.6 Å². The second-order valence-electron chi connectivity index (χ2n) is 8.96. The molecule has 2 aliphatic rings. The van der Waals surface area contributed by atoms with Gasteiger partial charge in [0.25, 0.3) is 5.91 Å². The molecule has 3 aromatic rings. The van der Waals surface area contributed by atoms with Gasteiger partial charge in [0.15, 0.2) is 5.65 Å². The summed E-state index contributed by atoms with van der Waals surface area (Å²) >= 11 is 0. The first kappa shape index (κ1) is 23.0. The van der Waals surface area contributed by atoms with E-state index in [1.165, 1.54) is 25.5 Å². The Morgan fingerprint density at radius 3 is 2.79 bits per heavy atom. The Hall–Kier alpha value is -3.13. The number of anilines is 1. The molecule has 1 aliphatic heterocycles. The van der Waals surface area contributed by atoms with Crippen LogP contribution in [0.2, 0.25) is 0 Å². The third-order valence-electron chi connectivity index (χ3n) is 5.62. The minimum Gasteiger partial charge on any atom is -0.490 e. The number of aliphatic hydroxyl groups excluding tert-OH is 1. The molecule has 33 heavy (non-hydrogen) atoms. The van der Waals surface area contributed by atoms with Crippen molar-refractivity contribution in [3.8, 4) is 11.5 Å². The first-order valence-corrected chi connectivity index (χ1v) is 11.7. The van der Waals surface area contributed by atoms with E-state index in [-0.39, 0.29) is 24.2 Å². The maximum absolute atomic E-state index is 13.0. The number of carbonyl (C=O) groups is 1. The molecule has 1 fully saturated rings. The van der Waals surface area contributed by atoms with Crippen molar-refractivity contribution in [1.82, 2.24) is 14.6 Å². The maximum Gasteiger partial charge on any atom is 0.261 e. The number of nitrogens with zero attached hydrogens (tertiary/aromatic N) is 3. The topological polar surface area (TPSA) is 98.0 Å². The summed E-state index contributed by atoms with van der Waals surface area (Å²) in [5, 5.41) is 15.3. The summed E-state index contributed by atoms with van der Waals surface area (Å²) in [6, 6.07) is 5.69. The van der Waals surface area contributed by atoms with Gasteiger partial charge in [0, 0.05) is 36.5 Å². The number of hydrogen-bond donors (Lipinski definition) is 2. The van der Waals surface area contributed by atoms with E-state index in [1.54, 1.807) is 36.8 Å². The normalized spacial score (nSPS) is 17.8. The van der Waals surface area contributed by atoms with Crippen LogP contribution in [-0.2, 0) is 6.42 Å². The Kier molecular flexibility index (Phi) is 7.13. The van der Waals surface area contributed by atoms with Crippen molar-refractivity contribution in [1.29, 1.82) is 0 Å². The van der Waals surface area contributed by atoms with Crippen LogP contribution in [0.5, 0.6) is 11.5 Å². The molecule has 8 nitrogen and oxygen atoms in total. The third kappa shape index (κ3) is 5.63. The smallest absolute Gasteiger partial charge is 0.261 e. The molecule has 0 bridgehead atoms. The predicted molar refractivity (Wildman–Crippen MR) is 126 cm³/mol. The van der Waals surface area contributed by atoms with Crippen molar-refractivity contribution in [3.63, 3.8) is 0 Å². The third-order valence-corrected chi connectivity index (χ3v) is 5.62. The molecule has 176 valence electrons. The van der Waals surface area contributed by atoms with Crippen molar-refractivity contribution >= 4 is 17.2 Å². The molecular weight excluding hydrogens is 420 g/mol. The van der Waals surface area contributed by atoms with Gasteiger partial charge in [-0.2, -0.15) is 5.10 Å². The largest absolute Gasteiger partial charge is 0.490 e. The van der Waals surface area contributed by atoms with Gasteiger partial charge in [0.05, 0.1) is 18.0 Å². The Morgan fingerprint density at radius 1 is 1.27 bits per heavy atom. The highest BCUT2D eigenvalue weighted by Crippen LogP contribution is 2.39. The average Bonchev–Trinajstić information content (AvgIpc) is 3.36. The highest BCUT2D eigenvalue weighted by molar-refractivity contribution is 6.08. The Bertz CT molecular complexity index is 1100. The summed E-state index contributed by atoms with van der Waals surface area (Å²) in [7, 11) is 0. The van der Waals surface area contributed by atoms with Gasteiger partial charge in [-0.25, -0.2) is 9.50 Å². The molecule has 5 rings (SSSR count). The zero-order valence-corrected chi connectivity index (χ0v) is 19.5. The molecule has 1 amide bonds. The minimum absolute atomic E-state index is 0.127. The van der Waals surface area contributed by atoms with Gasteiger partial charge in [-0.05, 0) is 58.6 Å². The summed E-state index contributed by atoms with van der Waals surface area (Å²) in [6.07, 6.45) is 11.6. The summed E-state index contributed by atoms with van der Waals surface area (Å²) in [4.78, 5) is 17.3. The van der Waals surface area contributed by atoms with Gasteiger partial charge in [-0.1, -0.05) is 6.42 Å². The number of benzene rings is 1. The lowest BCUT2D eigenvalue weighted by atomic mass is 9.97. The van der Waals surface area contributed by atoms with E-state index in [9.17, 15) is 4.79 Å². The number of fused-ring (bicyclic) bond motifs is 2. The molecule has 3 heterocycles. The number of aliphatic hydroxyl groups is 1. The van der Waals surface area contributed by atoms with Crippen LogP contribution in [0.3, 0.4) is 0 Å². The van der Waals surface area contributed by atoms with E-state index in [0.717, 1.165) is 30.6 Å². The number of aromatic nitrogens is 3. The molecule has 1 aromatic carbocycles. The van der Waals surface area contributed by atoms with E-state index in [1.807, 2.05) is 19.1 Å². The molecule has 1 saturated carbocycles. The Balaban J connectivity index is 0.000000601. The van der Waals surface area contributed by atoms with Crippen LogP contribution in [0, 0.1) is 0 Å². The monoisotopic (exact) mass is 452 g/mol. The molecular formula is C25H32N4O4. The van der Waals surface area contributed by atoms with Crippen LogP contribution in [0.4, 0.5) is 5.69 Å². The second kappa shape index (κ2) is 10.2. The van der Waals surface area contributed by atoms with Crippen LogP contribution in [0.1, 0.15) is 68.8 Å². The number of hydrogen-bond acceptors (Lipinski definition) is 6. The van der Waals surface area contributed by atoms with Gasteiger partial charge in [-0.3, -0.25) is 4.79 Å². The maximum atomic E-state index is 13.0. The van der Waals surface area contributed by atoms with E-state index in [4.69, 9.17) is 14.6 Å². The molecule has 0 saturated heterocycles. The standard InChI is InChI=1S/C22H24N4O3.C3H8O/c1-14-10-15-11-18(20(12-19(15)28-14)29-16-6-3-2-4-7-16)25-22(27)17-13-24-26-9-5-8-23-21(17)26;1-3(2)4/h5,8-9,11-14,16H,2-4,6-7,10H2,1H3,(H,25,27);3-4H,1-2H3. The van der Waals surface area contributed by atoms with Crippen molar-refractivity contribution in [3.05, 3.63) is 47.9 Å². The zero-order valence-electron chi connectivity index (χ0n) is 19.5. The van der Waals surface area contributed by atoms with Gasteiger partial charge in [0.1, 0.15) is 23.2 Å². The van der Waals surface area contributed by atoms with Crippen LogP contribution in [-0.4, -0.2) is 43.9 Å². The second-order valence-corrected chi connectivity index (χ2v) is 8.96. The van der Waals surface area contributed by atoms with Crippen molar-refractivity contribution < 1.29 is 19.4 Å². The Morgan fingerprint density at radius 2 is 2.03 bits per heavy atom. The van der Waals surface area contributed by atoms with Crippen LogP contribution >= 0.6 is 0 Å². The van der Waals surface area contributed by atoms with Gasteiger partial charge in [-0.15, -0.1) is 0 Å². The minimum atomic E-state index is -0.251. The first-order valence-electron chi connectivity index (χ1n) is 11.7. The lowest BCUT2D eigenvalue weighted by Crippen LogP contribution is -2.21. The van der Waals surface area contributed by atoms with Crippen molar-refractivity contribution in [2.45, 2.75) is 77.6 Å².